The van der Waals surface area contributed by atoms with Crippen LogP contribution in [0.15, 0.2) is 30.3 Å². The van der Waals surface area contributed by atoms with Crippen molar-refractivity contribution >= 4 is 23.5 Å². The summed E-state index contributed by atoms with van der Waals surface area (Å²) in [4.78, 5) is 23.2. The fourth-order valence-corrected chi connectivity index (χ4v) is 1.47. The number of benzene rings is 1. The Morgan fingerprint density at radius 3 is 2.35 bits per heavy atom. The highest BCUT2D eigenvalue weighted by molar-refractivity contribution is 6.22. The molecule has 0 heterocycles. The van der Waals surface area contributed by atoms with Gasteiger partial charge in [0.2, 0.25) is 0 Å². The van der Waals surface area contributed by atoms with Gasteiger partial charge in [0, 0.05) is 5.56 Å². The van der Waals surface area contributed by atoms with E-state index in [2.05, 4.69) is 10.1 Å². The molecular formula is C12H14ClNO3. The molecule has 1 rings (SSSR count). The van der Waals surface area contributed by atoms with E-state index in [-0.39, 0.29) is 5.91 Å². The van der Waals surface area contributed by atoms with E-state index in [4.69, 9.17) is 11.6 Å². The predicted octanol–water partition coefficient (Wildman–Crippen LogP) is 1.59. The molecular weight excluding hydrogens is 242 g/mol. The summed E-state index contributed by atoms with van der Waals surface area (Å²) < 4.78 is 4.57. The van der Waals surface area contributed by atoms with Crippen LogP contribution >= 0.6 is 11.6 Å². The highest BCUT2D eigenvalue weighted by Crippen LogP contribution is 2.06. The molecule has 0 saturated carbocycles. The Bertz CT molecular complexity index is 392. The number of carbonyl (C=O) groups excluding carboxylic acids is 2. The number of rotatable bonds is 4. The second kappa shape index (κ2) is 6.25. The molecule has 2 unspecified atom stereocenters. The summed E-state index contributed by atoms with van der Waals surface area (Å²) in [6, 6.07) is 7.75. The molecule has 1 N–H and O–H groups in total. The van der Waals surface area contributed by atoms with Gasteiger partial charge in [0.25, 0.3) is 5.91 Å². The minimum atomic E-state index is -0.852. The summed E-state index contributed by atoms with van der Waals surface area (Å²) in [5.41, 5.74) is 0.471. The van der Waals surface area contributed by atoms with Crippen molar-refractivity contribution < 1.29 is 14.3 Å². The van der Waals surface area contributed by atoms with Crippen LogP contribution < -0.4 is 5.32 Å². The number of halogens is 1. The summed E-state index contributed by atoms with van der Waals surface area (Å²) in [5, 5.41) is 1.99. The second-order valence-corrected chi connectivity index (χ2v) is 4.21. The summed E-state index contributed by atoms with van der Waals surface area (Å²) in [7, 11) is 1.25. The summed E-state index contributed by atoms with van der Waals surface area (Å²) in [6.07, 6.45) is 0. The first kappa shape index (κ1) is 13.5. The van der Waals surface area contributed by atoms with Crippen molar-refractivity contribution in [2.24, 2.45) is 0 Å². The van der Waals surface area contributed by atoms with Crippen molar-refractivity contribution in [3.8, 4) is 0 Å². The third-order valence-electron chi connectivity index (χ3n) is 2.24. The van der Waals surface area contributed by atoms with Gasteiger partial charge in [0.15, 0.2) is 0 Å². The number of methoxy groups -OCH3 is 1. The molecule has 0 saturated heterocycles. The van der Waals surface area contributed by atoms with Crippen LogP contribution in [0.1, 0.15) is 17.3 Å². The average Bonchev–Trinajstić information content (AvgIpc) is 2.35. The molecule has 0 radical (unpaired) electrons. The fraction of sp³-hybridized carbons (Fsp3) is 0.333. The minimum Gasteiger partial charge on any atom is -0.467 e. The summed E-state index contributed by atoms with van der Waals surface area (Å²) >= 11 is 5.83. The molecule has 0 aromatic heterocycles. The van der Waals surface area contributed by atoms with Gasteiger partial charge >= 0.3 is 5.97 Å². The molecule has 0 aliphatic heterocycles. The van der Waals surface area contributed by atoms with E-state index in [1.165, 1.54) is 7.11 Å². The number of amides is 1. The van der Waals surface area contributed by atoms with Gasteiger partial charge in [-0.05, 0) is 19.1 Å². The topological polar surface area (TPSA) is 55.4 Å². The van der Waals surface area contributed by atoms with Gasteiger partial charge < -0.3 is 10.1 Å². The van der Waals surface area contributed by atoms with E-state index in [1.54, 1.807) is 37.3 Å². The lowest BCUT2D eigenvalue weighted by Crippen LogP contribution is -2.46. The smallest absolute Gasteiger partial charge is 0.329 e. The van der Waals surface area contributed by atoms with Gasteiger partial charge in [-0.15, -0.1) is 11.6 Å². The molecule has 0 bridgehead atoms. The highest BCUT2D eigenvalue weighted by Gasteiger charge is 2.26. The third-order valence-corrected chi connectivity index (χ3v) is 2.49. The first-order chi connectivity index (χ1) is 8.06. The van der Waals surface area contributed by atoms with E-state index in [0.29, 0.717) is 5.56 Å². The van der Waals surface area contributed by atoms with Crippen LogP contribution in [-0.4, -0.2) is 30.4 Å². The quantitative estimate of drug-likeness (QED) is 0.657. The van der Waals surface area contributed by atoms with Crippen molar-refractivity contribution in [3.63, 3.8) is 0 Å². The summed E-state index contributed by atoms with van der Waals surface area (Å²) in [5.74, 6) is -0.912. The first-order valence-electron chi connectivity index (χ1n) is 5.14. The Balaban J connectivity index is 2.75. The van der Waals surface area contributed by atoms with Gasteiger partial charge in [0.05, 0.1) is 12.5 Å². The van der Waals surface area contributed by atoms with Crippen LogP contribution in [0.3, 0.4) is 0 Å². The molecule has 5 heteroatoms. The molecule has 0 aliphatic carbocycles. The van der Waals surface area contributed by atoms with E-state index in [0.717, 1.165) is 0 Å². The van der Waals surface area contributed by atoms with E-state index >= 15 is 0 Å². The molecule has 92 valence electrons. The Morgan fingerprint density at radius 1 is 1.29 bits per heavy atom. The Hall–Kier alpha value is -1.55. The van der Waals surface area contributed by atoms with Crippen LogP contribution in [0.5, 0.6) is 0 Å². The van der Waals surface area contributed by atoms with Crippen LogP contribution in [0, 0.1) is 0 Å². The molecule has 1 amide bonds. The molecule has 0 fully saturated rings. The standard InChI is InChI=1S/C12H14ClNO3/c1-8(13)10(12(16)17-2)14-11(15)9-6-4-3-5-7-9/h3-8,10H,1-2H3,(H,14,15). The van der Waals surface area contributed by atoms with Crippen molar-refractivity contribution in [1.29, 1.82) is 0 Å². The monoisotopic (exact) mass is 255 g/mol. The molecule has 17 heavy (non-hydrogen) atoms. The number of ether oxygens (including phenoxy) is 1. The number of alkyl halides is 1. The van der Waals surface area contributed by atoms with Crippen LogP contribution in [0.25, 0.3) is 0 Å². The van der Waals surface area contributed by atoms with E-state index < -0.39 is 17.4 Å². The Kier molecular flexibility index (Phi) is 4.97. The minimum absolute atomic E-state index is 0.353. The molecule has 1 aromatic rings. The van der Waals surface area contributed by atoms with Crippen molar-refractivity contribution in [2.45, 2.75) is 18.3 Å². The van der Waals surface area contributed by atoms with Gasteiger partial charge in [0.1, 0.15) is 6.04 Å². The van der Waals surface area contributed by atoms with Gasteiger partial charge in [-0.1, -0.05) is 18.2 Å². The van der Waals surface area contributed by atoms with E-state index in [9.17, 15) is 9.59 Å². The zero-order chi connectivity index (χ0) is 12.8. The maximum atomic E-state index is 11.8. The normalized spacial score (nSPS) is 13.6. The molecule has 2 atom stereocenters. The van der Waals surface area contributed by atoms with Crippen molar-refractivity contribution in [3.05, 3.63) is 35.9 Å². The zero-order valence-electron chi connectivity index (χ0n) is 9.64. The van der Waals surface area contributed by atoms with Crippen LogP contribution in [0.4, 0.5) is 0 Å². The van der Waals surface area contributed by atoms with Crippen molar-refractivity contribution in [2.75, 3.05) is 7.11 Å². The average molecular weight is 256 g/mol. The number of esters is 1. The molecule has 0 spiro atoms. The van der Waals surface area contributed by atoms with Crippen molar-refractivity contribution in [1.82, 2.24) is 5.32 Å². The number of hydrogen-bond acceptors (Lipinski definition) is 3. The second-order valence-electron chi connectivity index (χ2n) is 3.52. The Labute approximate surface area is 105 Å². The zero-order valence-corrected chi connectivity index (χ0v) is 10.4. The highest BCUT2D eigenvalue weighted by atomic mass is 35.5. The van der Waals surface area contributed by atoms with Crippen LogP contribution in [0.2, 0.25) is 0 Å². The number of hydrogen-bond donors (Lipinski definition) is 1. The Morgan fingerprint density at radius 2 is 1.88 bits per heavy atom. The molecule has 0 aliphatic rings. The lowest BCUT2D eigenvalue weighted by atomic mass is 10.1. The maximum Gasteiger partial charge on any atom is 0.329 e. The first-order valence-corrected chi connectivity index (χ1v) is 5.57. The number of carbonyl (C=O) groups is 2. The lowest BCUT2D eigenvalue weighted by molar-refractivity contribution is -0.142. The maximum absolute atomic E-state index is 11.8. The van der Waals surface area contributed by atoms with E-state index in [1.807, 2.05) is 0 Å². The number of nitrogens with one attached hydrogen (secondary N) is 1. The molecule has 1 aromatic carbocycles. The largest absolute Gasteiger partial charge is 0.467 e. The van der Waals surface area contributed by atoms with Gasteiger partial charge in [-0.3, -0.25) is 4.79 Å². The predicted molar refractivity (Wildman–Crippen MR) is 65.0 cm³/mol. The van der Waals surface area contributed by atoms with Crippen LogP contribution in [-0.2, 0) is 9.53 Å². The third kappa shape index (κ3) is 3.75. The summed E-state index contributed by atoms with van der Waals surface area (Å²) in [6.45, 7) is 1.62. The van der Waals surface area contributed by atoms with Gasteiger partial charge in [-0.25, -0.2) is 4.79 Å². The molecule has 4 nitrogen and oxygen atoms in total. The SMILES string of the molecule is COC(=O)C(NC(=O)c1ccccc1)C(C)Cl. The lowest BCUT2D eigenvalue weighted by Gasteiger charge is -2.18. The fourth-order valence-electron chi connectivity index (χ4n) is 1.30. The van der Waals surface area contributed by atoms with Gasteiger partial charge in [-0.2, -0.15) is 0 Å².